The first-order chi connectivity index (χ1) is 12.0. The number of aromatic amines is 1. The van der Waals surface area contributed by atoms with Crippen molar-refractivity contribution in [1.82, 2.24) is 25.6 Å². The zero-order valence-electron chi connectivity index (χ0n) is 13.0. The molecule has 0 fully saturated rings. The summed E-state index contributed by atoms with van der Waals surface area (Å²) in [5, 5.41) is 4.84. The second-order valence-corrected chi connectivity index (χ2v) is 5.16. The van der Waals surface area contributed by atoms with E-state index in [1.165, 1.54) is 25.5 Å². The molecule has 1 atom stereocenters. The van der Waals surface area contributed by atoms with Crippen LogP contribution in [0.4, 0.5) is 8.78 Å². The van der Waals surface area contributed by atoms with E-state index in [9.17, 15) is 18.4 Å². The molecule has 9 heteroatoms. The highest BCUT2D eigenvalue weighted by Gasteiger charge is 2.24. The number of nitrogens with zero attached hydrogens (tertiary/aromatic N) is 2. The zero-order valence-corrected chi connectivity index (χ0v) is 13.0. The molecule has 0 saturated carbocycles. The van der Waals surface area contributed by atoms with Gasteiger partial charge in [-0.1, -0.05) is 6.07 Å². The Bertz CT molecular complexity index is 957. The molecule has 7 nitrogen and oxygen atoms in total. The lowest BCUT2D eigenvalue weighted by Crippen LogP contribution is -2.39. The fourth-order valence-corrected chi connectivity index (χ4v) is 2.29. The fourth-order valence-electron chi connectivity index (χ4n) is 2.29. The number of aromatic nitrogens is 3. The van der Waals surface area contributed by atoms with Crippen LogP contribution in [0.2, 0.25) is 0 Å². The van der Waals surface area contributed by atoms with E-state index >= 15 is 0 Å². The third kappa shape index (κ3) is 3.30. The molecule has 3 rings (SSSR count). The minimum absolute atomic E-state index is 0.0380. The van der Waals surface area contributed by atoms with Gasteiger partial charge < -0.3 is 15.6 Å². The number of hydrogen-bond acceptors (Lipinski definition) is 4. The van der Waals surface area contributed by atoms with E-state index < -0.39 is 29.5 Å². The number of likely N-dealkylation sites (N-methyl/N-ethyl adjacent to an activating group) is 1. The number of pyridine rings is 1. The molecule has 1 unspecified atom stereocenters. The van der Waals surface area contributed by atoms with Crippen molar-refractivity contribution in [2.24, 2.45) is 0 Å². The summed E-state index contributed by atoms with van der Waals surface area (Å²) in [4.78, 5) is 35.4. The van der Waals surface area contributed by atoms with Crippen molar-refractivity contribution < 1.29 is 18.4 Å². The second-order valence-electron chi connectivity index (χ2n) is 5.16. The van der Waals surface area contributed by atoms with Crippen molar-refractivity contribution in [2.75, 3.05) is 7.05 Å². The molecule has 25 heavy (non-hydrogen) atoms. The van der Waals surface area contributed by atoms with Crippen LogP contribution in [0.25, 0.3) is 11.2 Å². The molecule has 2 heterocycles. The molecule has 0 aliphatic carbocycles. The van der Waals surface area contributed by atoms with Gasteiger partial charge in [0.15, 0.2) is 17.3 Å². The van der Waals surface area contributed by atoms with Gasteiger partial charge in [-0.15, -0.1) is 0 Å². The molecule has 2 aromatic heterocycles. The monoisotopic (exact) mass is 345 g/mol. The second kappa shape index (κ2) is 6.63. The lowest BCUT2D eigenvalue weighted by atomic mass is 10.1. The highest BCUT2D eigenvalue weighted by Crippen LogP contribution is 2.18. The molecule has 0 radical (unpaired) electrons. The number of amides is 2. The summed E-state index contributed by atoms with van der Waals surface area (Å²) in [6, 6.07) is 4.85. The highest BCUT2D eigenvalue weighted by molar-refractivity contribution is 5.97. The van der Waals surface area contributed by atoms with Crippen molar-refractivity contribution in [3.05, 3.63) is 59.6 Å². The maximum absolute atomic E-state index is 13.5. The van der Waals surface area contributed by atoms with Crippen LogP contribution in [-0.4, -0.2) is 33.8 Å². The number of rotatable bonds is 4. The summed E-state index contributed by atoms with van der Waals surface area (Å²) < 4.78 is 26.6. The van der Waals surface area contributed by atoms with E-state index in [2.05, 4.69) is 25.6 Å². The maximum Gasteiger partial charge on any atom is 0.270 e. The average Bonchev–Trinajstić information content (AvgIpc) is 3.09. The van der Waals surface area contributed by atoms with Gasteiger partial charge in [0, 0.05) is 7.05 Å². The summed E-state index contributed by atoms with van der Waals surface area (Å²) >= 11 is 0. The van der Waals surface area contributed by atoms with Crippen LogP contribution in [0, 0.1) is 11.6 Å². The smallest absolute Gasteiger partial charge is 0.270 e. The van der Waals surface area contributed by atoms with Gasteiger partial charge in [-0.05, 0) is 29.8 Å². The number of H-pyrrole nitrogens is 1. The molecule has 1 aromatic carbocycles. The lowest BCUT2D eigenvalue weighted by Gasteiger charge is -2.17. The largest absolute Gasteiger partial charge is 0.357 e. The summed E-state index contributed by atoms with van der Waals surface area (Å²) in [6.45, 7) is 0. The van der Waals surface area contributed by atoms with E-state index in [4.69, 9.17) is 0 Å². The van der Waals surface area contributed by atoms with E-state index in [-0.39, 0.29) is 11.3 Å². The maximum atomic E-state index is 13.5. The molecule has 0 aliphatic heterocycles. The number of nitrogens with one attached hydrogen (secondary N) is 3. The van der Waals surface area contributed by atoms with Crippen molar-refractivity contribution in [2.45, 2.75) is 6.04 Å². The minimum atomic E-state index is -1.20. The van der Waals surface area contributed by atoms with Crippen LogP contribution in [0.15, 0.2) is 36.7 Å². The molecule has 128 valence electrons. The predicted octanol–water partition coefficient (Wildman–Crippen LogP) is 1.45. The molecule has 0 aliphatic rings. The Kier molecular flexibility index (Phi) is 4.38. The van der Waals surface area contributed by atoms with Gasteiger partial charge in [-0.3, -0.25) is 9.59 Å². The van der Waals surface area contributed by atoms with Crippen LogP contribution in [0.3, 0.4) is 0 Å². The molecule has 3 N–H and O–H groups in total. The van der Waals surface area contributed by atoms with E-state index in [0.717, 1.165) is 12.1 Å². The summed E-state index contributed by atoms with van der Waals surface area (Å²) in [5.41, 5.74) is 1.14. The molecule has 0 spiro atoms. The van der Waals surface area contributed by atoms with Gasteiger partial charge in [-0.25, -0.2) is 18.7 Å². The Labute approximate surface area is 140 Å². The number of carbonyl (C=O) groups is 2. The number of imidazole rings is 1. The Morgan fingerprint density at radius 3 is 2.68 bits per heavy atom. The predicted molar refractivity (Wildman–Crippen MR) is 84.5 cm³/mol. The van der Waals surface area contributed by atoms with Crippen LogP contribution in [0.5, 0.6) is 0 Å². The molecular formula is C16H13F2N5O2. The molecule has 3 aromatic rings. The Hall–Kier alpha value is -3.36. The molecule has 0 saturated heterocycles. The highest BCUT2D eigenvalue weighted by atomic mass is 19.2. The first-order valence-electron chi connectivity index (χ1n) is 7.27. The van der Waals surface area contributed by atoms with Gasteiger partial charge in [0.2, 0.25) is 5.91 Å². The van der Waals surface area contributed by atoms with Crippen molar-refractivity contribution in [3.8, 4) is 0 Å². The lowest BCUT2D eigenvalue weighted by molar-refractivity contribution is -0.122. The fraction of sp³-hybridized carbons (Fsp3) is 0.125. The van der Waals surface area contributed by atoms with Crippen LogP contribution in [-0.2, 0) is 4.79 Å². The average molecular weight is 345 g/mol. The van der Waals surface area contributed by atoms with Crippen molar-refractivity contribution in [1.29, 1.82) is 0 Å². The summed E-state index contributed by atoms with van der Waals surface area (Å²) in [6.07, 6.45) is 1.44. The van der Waals surface area contributed by atoms with Gasteiger partial charge in [0.1, 0.15) is 11.7 Å². The van der Waals surface area contributed by atoms with Gasteiger partial charge in [0.25, 0.3) is 5.91 Å². The topological polar surface area (TPSA) is 99.8 Å². The first kappa shape index (κ1) is 16.5. The Morgan fingerprint density at radius 1 is 1.16 bits per heavy atom. The third-order valence-electron chi connectivity index (χ3n) is 3.58. The van der Waals surface area contributed by atoms with E-state index in [1.807, 2.05) is 0 Å². The normalized spacial score (nSPS) is 12.0. The van der Waals surface area contributed by atoms with Gasteiger partial charge >= 0.3 is 0 Å². The van der Waals surface area contributed by atoms with Crippen molar-refractivity contribution >= 4 is 23.0 Å². The number of halogens is 2. The number of carbonyl (C=O) groups excluding carboxylic acids is 2. The Balaban J connectivity index is 1.90. The number of fused-ring (bicyclic) bond motifs is 1. The third-order valence-corrected chi connectivity index (χ3v) is 3.58. The quantitative estimate of drug-likeness (QED) is 0.666. The van der Waals surface area contributed by atoms with Gasteiger partial charge in [0.05, 0.1) is 11.8 Å². The van der Waals surface area contributed by atoms with E-state index in [0.29, 0.717) is 11.2 Å². The molecule has 2 amide bonds. The Morgan fingerprint density at radius 2 is 1.96 bits per heavy atom. The minimum Gasteiger partial charge on any atom is -0.357 e. The summed E-state index contributed by atoms with van der Waals surface area (Å²) in [7, 11) is 1.37. The zero-order chi connectivity index (χ0) is 18.0. The number of hydrogen-bond donors (Lipinski definition) is 3. The standard InChI is InChI=1S/C16H13F2N5O2/c1-19-16(25)13(8-2-3-9(17)10(18)6-8)23-15(24)12-5-4-11-14(22-12)21-7-20-11/h2-7,13H,1H3,(H,19,25)(H,23,24)(H,20,21,22). The SMILES string of the molecule is CNC(=O)C(NC(=O)c1ccc2[nH]cnc2n1)c1ccc(F)c(F)c1. The molecule has 0 bridgehead atoms. The van der Waals surface area contributed by atoms with Crippen molar-refractivity contribution in [3.63, 3.8) is 0 Å². The van der Waals surface area contributed by atoms with Crippen LogP contribution in [0.1, 0.15) is 22.1 Å². The summed E-state index contributed by atoms with van der Waals surface area (Å²) in [5.74, 6) is -3.39. The van der Waals surface area contributed by atoms with Crippen LogP contribution >= 0.6 is 0 Å². The van der Waals surface area contributed by atoms with Crippen LogP contribution < -0.4 is 10.6 Å². The number of benzene rings is 1. The van der Waals surface area contributed by atoms with Gasteiger partial charge in [-0.2, -0.15) is 0 Å². The van der Waals surface area contributed by atoms with E-state index in [1.54, 1.807) is 6.07 Å². The first-order valence-corrected chi connectivity index (χ1v) is 7.27. The molecular weight excluding hydrogens is 332 g/mol.